The van der Waals surface area contributed by atoms with Gasteiger partial charge in [0, 0.05) is 12.6 Å². The minimum atomic E-state index is 0.267. The molecule has 1 aromatic rings. The maximum absolute atomic E-state index is 6.07. The molecule has 21 heavy (non-hydrogen) atoms. The van der Waals surface area contributed by atoms with Gasteiger partial charge >= 0.3 is 0 Å². The number of methoxy groups -OCH3 is 2. The summed E-state index contributed by atoms with van der Waals surface area (Å²) in [7, 11) is 3.34. The zero-order valence-electron chi connectivity index (χ0n) is 13.3. The van der Waals surface area contributed by atoms with Crippen LogP contribution in [0.2, 0.25) is 0 Å². The zero-order valence-corrected chi connectivity index (χ0v) is 13.3. The second kappa shape index (κ2) is 8.25. The van der Waals surface area contributed by atoms with E-state index < -0.39 is 0 Å². The number of nitrogens with zero attached hydrogens (tertiary/aromatic N) is 1. The molecule has 4 heteroatoms. The molecule has 1 fully saturated rings. The van der Waals surface area contributed by atoms with E-state index >= 15 is 0 Å². The Labute approximate surface area is 128 Å². The highest BCUT2D eigenvalue weighted by Gasteiger charge is 2.21. The molecule has 0 radical (unpaired) electrons. The van der Waals surface area contributed by atoms with Crippen molar-refractivity contribution in [2.24, 2.45) is 5.73 Å². The van der Waals surface area contributed by atoms with Gasteiger partial charge in [-0.3, -0.25) is 4.90 Å². The topological polar surface area (TPSA) is 47.7 Å². The number of ether oxygens (including phenoxy) is 2. The van der Waals surface area contributed by atoms with E-state index in [9.17, 15) is 0 Å². The highest BCUT2D eigenvalue weighted by Crippen LogP contribution is 2.32. The van der Waals surface area contributed by atoms with Crippen LogP contribution in [0.1, 0.15) is 43.7 Å². The molecule has 0 saturated carbocycles. The SMILES string of the molecule is COc1ccc(C(CN)N2CCCCCCC2)cc1OC. The molecule has 2 rings (SSSR count). The van der Waals surface area contributed by atoms with E-state index in [-0.39, 0.29) is 6.04 Å². The minimum Gasteiger partial charge on any atom is -0.493 e. The first-order valence-corrected chi connectivity index (χ1v) is 7.96. The van der Waals surface area contributed by atoms with Gasteiger partial charge in [0.05, 0.1) is 14.2 Å². The third kappa shape index (κ3) is 4.11. The Morgan fingerprint density at radius 1 is 1.00 bits per heavy atom. The van der Waals surface area contributed by atoms with Gasteiger partial charge in [0.15, 0.2) is 11.5 Å². The first-order chi connectivity index (χ1) is 10.3. The van der Waals surface area contributed by atoms with Gasteiger partial charge in [0.2, 0.25) is 0 Å². The summed E-state index contributed by atoms with van der Waals surface area (Å²) >= 11 is 0. The van der Waals surface area contributed by atoms with Crippen molar-refractivity contribution in [2.75, 3.05) is 33.9 Å². The highest BCUT2D eigenvalue weighted by molar-refractivity contribution is 5.43. The maximum Gasteiger partial charge on any atom is 0.161 e. The van der Waals surface area contributed by atoms with Gasteiger partial charge in [-0.25, -0.2) is 0 Å². The van der Waals surface area contributed by atoms with E-state index in [0.717, 1.165) is 24.6 Å². The van der Waals surface area contributed by atoms with Crippen LogP contribution in [-0.2, 0) is 0 Å². The van der Waals surface area contributed by atoms with Crippen molar-refractivity contribution in [3.05, 3.63) is 23.8 Å². The Morgan fingerprint density at radius 3 is 2.19 bits per heavy atom. The maximum atomic E-state index is 6.07. The van der Waals surface area contributed by atoms with Crippen LogP contribution in [0, 0.1) is 0 Å². The number of nitrogens with two attached hydrogens (primary N) is 1. The van der Waals surface area contributed by atoms with Gasteiger partial charge in [-0.2, -0.15) is 0 Å². The van der Waals surface area contributed by atoms with Crippen molar-refractivity contribution in [1.29, 1.82) is 0 Å². The molecule has 4 nitrogen and oxygen atoms in total. The second-order valence-corrected chi connectivity index (χ2v) is 5.67. The third-order valence-electron chi connectivity index (χ3n) is 4.35. The van der Waals surface area contributed by atoms with Crippen LogP contribution in [0.4, 0.5) is 0 Å². The molecule has 1 saturated heterocycles. The summed E-state index contributed by atoms with van der Waals surface area (Å²) in [6.07, 6.45) is 6.57. The van der Waals surface area contributed by atoms with Crippen LogP contribution >= 0.6 is 0 Å². The minimum absolute atomic E-state index is 0.267. The summed E-state index contributed by atoms with van der Waals surface area (Å²) in [4.78, 5) is 2.53. The van der Waals surface area contributed by atoms with E-state index in [2.05, 4.69) is 17.0 Å². The van der Waals surface area contributed by atoms with E-state index in [0.29, 0.717) is 6.54 Å². The normalized spacial score (nSPS) is 18.6. The lowest BCUT2D eigenvalue weighted by molar-refractivity contribution is 0.183. The van der Waals surface area contributed by atoms with Crippen LogP contribution < -0.4 is 15.2 Å². The Balaban J connectivity index is 2.18. The number of hydrogen-bond donors (Lipinski definition) is 1. The Hall–Kier alpha value is -1.26. The average Bonchev–Trinajstić information content (AvgIpc) is 2.49. The average molecular weight is 292 g/mol. The summed E-state index contributed by atoms with van der Waals surface area (Å²) in [6.45, 7) is 2.90. The number of likely N-dealkylation sites (tertiary alicyclic amines) is 1. The van der Waals surface area contributed by atoms with Gasteiger partial charge in [-0.15, -0.1) is 0 Å². The lowest BCUT2D eigenvalue weighted by atomic mass is 10.0. The van der Waals surface area contributed by atoms with E-state index in [1.807, 2.05) is 6.07 Å². The Bertz CT molecular complexity index is 429. The lowest BCUT2D eigenvalue weighted by Gasteiger charge is -2.32. The predicted molar refractivity (Wildman–Crippen MR) is 86.0 cm³/mol. The quantitative estimate of drug-likeness (QED) is 0.906. The molecule has 118 valence electrons. The lowest BCUT2D eigenvalue weighted by Crippen LogP contribution is -2.36. The third-order valence-corrected chi connectivity index (χ3v) is 4.35. The summed E-state index contributed by atoms with van der Waals surface area (Å²) in [5, 5.41) is 0. The van der Waals surface area contributed by atoms with Crippen molar-refractivity contribution < 1.29 is 9.47 Å². The van der Waals surface area contributed by atoms with Gasteiger partial charge < -0.3 is 15.2 Å². The summed E-state index contributed by atoms with van der Waals surface area (Å²) in [6, 6.07) is 6.41. The van der Waals surface area contributed by atoms with E-state index in [1.54, 1.807) is 14.2 Å². The fraction of sp³-hybridized carbons (Fsp3) is 0.647. The van der Waals surface area contributed by atoms with Crippen LogP contribution in [0.5, 0.6) is 11.5 Å². The van der Waals surface area contributed by atoms with Crippen LogP contribution in [0.15, 0.2) is 18.2 Å². The largest absolute Gasteiger partial charge is 0.493 e. The second-order valence-electron chi connectivity index (χ2n) is 5.67. The van der Waals surface area contributed by atoms with Crippen molar-refractivity contribution >= 4 is 0 Å². The van der Waals surface area contributed by atoms with Gasteiger partial charge in [-0.1, -0.05) is 25.3 Å². The Kier molecular flexibility index (Phi) is 6.33. The highest BCUT2D eigenvalue weighted by atomic mass is 16.5. The van der Waals surface area contributed by atoms with Crippen LogP contribution in [0.25, 0.3) is 0 Å². The fourth-order valence-electron chi connectivity index (χ4n) is 3.14. The molecule has 0 spiro atoms. The zero-order chi connectivity index (χ0) is 15.1. The first kappa shape index (κ1) is 16.1. The molecular formula is C17H28N2O2. The molecule has 1 atom stereocenters. The van der Waals surface area contributed by atoms with Crippen LogP contribution in [-0.4, -0.2) is 38.8 Å². The van der Waals surface area contributed by atoms with Crippen LogP contribution in [0.3, 0.4) is 0 Å². The molecule has 1 aliphatic rings. The molecule has 0 aromatic heterocycles. The Morgan fingerprint density at radius 2 is 1.62 bits per heavy atom. The standard InChI is InChI=1S/C17H28N2O2/c1-20-16-9-8-14(12-17(16)21-2)15(13-18)19-10-6-4-3-5-7-11-19/h8-9,12,15H,3-7,10-11,13,18H2,1-2H3. The smallest absolute Gasteiger partial charge is 0.161 e. The molecule has 1 aliphatic heterocycles. The van der Waals surface area contributed by atoms with E-state index in [4.69, 9.17) is 15.2 Å². The molecule has 2 N–H and O–H groups in total. The van der Waals surface area contributed by atoms with Gasteiger partial charge in [-0.05, 0) is 43.6 Å². The molecule has 0 aliphatic carbocycles. The molecule has 0 amide bonds. The van der Waals surface area contributed by atoms with Crippen molar-refractivity contribution in [3.8, 4) is 11.5 Å². The fourth-order valence-corrected chi connectivity index (χ4v) is 3.14. The molecule has 0 bridgehead atoms. The number of hydrogen-bond acceptors (Lipinski definition) is 4. The summed E-state index contributed by atoms with van der Waals surface area (Å²) in [5.41, 5.74) is 7.29. The van der Waals surface area contributed by atoms with Crippen molar-refractivity contribution in [1.82, 2.24) is 4.90 Å². The molecule has 1 aromatic carbocycles. The summed E-state index contributed by atoms with van der Waals surface area (Å²) < 4.78 is 10.7. The van der Waals surface area contributed by atoms with Crippen molar-refractivity contribution in [2.45, 2.75) is 38.1 Å². The van der Waals surface area contributed by atoms with Gasteiger partial charge in [0.25, 0.3) is 0 Å². The molecule has 1 unspecified atom stereocenters. The molecular weight excluding hydrogens is 264 g/mol. The first-order valence-electron chi connectivity index (χ1n) is 7.96. The van der Waals surface area contributed by atoms with E-state index in [1.165, 1.54) is 37.7 Å². The summed E-state index contributed by atoms with van der Waals surface area (Å²) in [5.74, 6) is 1.55. The predicted octanol–water partition coefficient (Wildman–Crippen LogP) is 2.97. The van der Waals surface area contributed by atoms with Gasteiger partial charge in [0.1, 0.15) is 0 Å². The molecule has 1 heterocycles. The number of rotatable bonds is 5. The van der Waals surface area contributed by atoms with Crippen molar-refractivity contribution in [3.63, 3.8) is 0 Å². The number of benzene rings is 1. The monoisotopic (exact) mass is 292 g/mol.